The van der Waals surface area contributed by atoms with Crippen molar-refractivity contribution < 1.29 is 4.79 Å². The second-order valence-corrected chi connectivity index (χ2v) is 6.08. The van der Waals surface area contributed by atoms with Crippen LogP contribution in [-0.2, 0) is 4.79 Å². The Kier molecular flexibility index (Phi) is 4.97. The molecule has 88 valence electrons. The van der Waals surface area contributed by atoms with Gasteiger partial charge in [-0.15, -0.1) is 0 Å². The van der Waals surface area contributed by atoms with Crippen molar-refractivity contribution in [2.75, 3.05) is 6.26 Å². The monoisotopic (exact) mass is 230 g/mol. The molecule has 0 amide bonds. The highest BCUT2D eigenvalue weighted by Gasteiger charge is 2.31. The highest BCUT2D eigenvalue weighted by molar-refractivity contribution is 8.13. The second kappa shape index (κ2) is 5.10. The van der Waals surface area contributed by atoms with Crippen molar-refractivity contribution in [1.82, 2.24) is 0 Å². The number of hydrogen-bond acceptors (Lipinski definition) is 4. The van der Waals surface area contributed by atoms with Gasteiger partial charge in [0.2, 0.25) is 0 Å². The van der Waals surface area contributed by atoms with E-state index in [9.17, 15) is 4.79 Å². The maximum Gasteiger partial charge on any atom is 0.193 e. The SMILES string of the molecule is CSC(=O)[C@@H](C)C(C)(C)N=NC(C)(C)C. The number of hydrogen-bond donors (Lipinski definition) is 0. The molecule has 0 aliphatic heterocycles. The summed E-state index contributed by atoms with van der Waals surface area (Å²) in [5, 5.41) is 8.68. The third-order valence-electron chi connectivity index (χ3n) is 2.22. The van der Waals surface area contributed by atoms with E-state index in [0.717, 1.165) is 0 Å². The van der Waals surface area contributed by atoms with E-state index in [1.54, 1.807) is 6.26 Å². The molecule has 0 fully saturated rings. The van der Waals surface area contributed by atoms with Crippen LogP contribution in [0.2, 0.25) is 0 Å². The molecule has 0 aliphatic carbocycles. The molecule has 15 heavy (non-hydrogen) atoms. The standard InChI is InChI=1S/C11H22N2OS/c1-8(9(14)15-7)11(5,6)13-12-10(2,3)4/h8H,1-7H3/t8-/m1/s1. The van der Waals surface area contributed by atoms with Crippen molar-refractivity contribution in [2.24, 2.45) is 16.1 Å². The lowest BCUT2D eigenvalue weighted by Crippen LogP contribution is -2.32. The summed E-state index contributed by atoms with van der Waals surface area (Å²) in [5.74, 6) is -0.112. The van der Waals surface area contributed by atoms with Gasteiger partial charge in [0.05, 0.1) is 17.0 Å². The maximum absolute atomic E-state index is 11.5. The molecule has 0 unspecified atom stereocenters. The molecule has 0 saturated heterocycles. The first-order valence-corrected chi connectivity index (χ1v) is 6.34. The van der Waals surface area contributed by atoms with E-state index >= 15 is 0 Å². The summed E-state index contributed by atoms with van der Waals surface area (Å²) >= 11 is 1.25. The molecular formula is C11H22N2OS. The van der Waals surface area contributed by atoms with Gasteiger partial charge in [-0.05, 0) is 40.9 Å². The molecule has 0 aliphatic rings. The van der Waals surface area contributed by atoms with E-state index in [2.05, 4.69) is 10.2 Å². The molecule has 0 saturated carbocycles. The molecule has 0 radical (unpaired) electrons. The Morgan fingerprint density at radius 3 is 1.93 bits per heavy atom. The summed E-state index contributed by atoms with van der Waals surface area (Å²) in [7, 11) is 0. The van der Waals surface area contributed by atoms with E-state index in [4.69, 9.17) is 0 Å². The molecule has 0 aromatic carbocycles. The van der Waals surface area contributed by atoms with E-state index in [0.29, 0.717) is 0 Å². The summed E-state index contributed by atoms with van der Waals surface area (Å²) in [6.07, 6.45) is 1.80. The van der Waals surface area contributed by atoms with Crippen LogP contribution in [0.15, 0.2) is 10.2 Å². The van der Waals surface area contributed by atoms with E-state index in [1.807, 2.05) is 41.5 Å². The Bertz CT molecular complexity index is 254. The summed E-state index contributed by atoms with van der Waals surface area (Å²) in [4.78, 5) is 11.5. The molecule has 0 spiro atoms. The fourth-order valence-electron chi connectivity index (χ4n) is 0.831. The lowest BCUT2D eigenvalue weighted by Gasteiger charge is -2.25. The number of thioether (sulfide) groups is 1. The Hall–Kier alpha value is -0.380. The molecule has 0 heterocycles. The number of rotatable bonds is 3. The molecular weight excluding hydrogens is 208 g/mol. The quantitative estimate of drug-likeness (QED) is 0.696. The van der Waals surface area contributed by atoms with Crippen molar-refractivity contribution in [3.05, 3.63) is 0 Å². The van der Waals surface area contributed by atoms with Crippen LogP contribution in [0, 0.1) is 5.92 Å². The number of nitrogens with zero attached hydrogens (tertiary/aromatic N) is 2. The predicted molar refractivity (Wildman–Crippen MR) is 66.4 cm³/mol. The Morgan fingerprint density at radius 2 is 1.60 bits per heavy atom. The van der Waals surface area contributed by atoms with E-state index in [-0.39, 0.29) is 16.6 Å². The average molecular weight is 230 g/mol. The lowest BCUT2D eigenvalue weighted by molar-refractivity contribution is -0.115. The molecule has 0 rings (SSSR count). The molecule has 1 atom stereocenters. The normalized spacial score (nSPS) is 15.7. The minimum atomic E-state index is -0.423. The molecule has 0 aromatic rings. The first-order chi connectivity index (χ1) is 6.60. The number of azo groups is 1. The summed E-state index contributed by atoms with van der Waals surface area (Å²) < 4.78 is 0. The second-order valence-electron chi connectivity index (χ2n) is 5.27. The highest BCUT2D eigenvalue weighted by Crippen LogP contribution is 2.26. The zero-order valence-corrected chi connectivity index (χ0v) is 11.6. The fourth-order valence-corrected chi connectivity index (χ4v) is 1.47. The molecule has 0 aromatic heterocycles. The average Bonchev–Trinajstić information content (AvgIpc) is 2.11. The minimum Gasteiger partial charge on any atom is -0.287 e. The predicted octanol–water partition coefficient (Wildman–Crippen LogP) is 3.54. The van der Waals surface area contributed by atoms with E-state index < -0.39 is 5.54 Å². The summed E-state index contributed by atoms with van der Waals surface area (Å²) in [6.45, 7) is 11.8. The Balaban J connectivity index is 4.68. The van der Waals surface area contributed by atoms with Gasteiger partial charge < -0.3 is 0 Å². The van der Waals surface area contributed by atoms with Crippen molar-refractivity contribution >= 4 is 16.9 Å². The van der Waals surface area contributed by atoms with Gasteiger partial charge in [-0.2, -0.15) is 10.2 Å². The third kappa shape index (κ3) is 5.30. The third-order valence-corrected chi connectivity index (χ3v) is 2.98. The maximum atomic E-state index is 11.5. The van der Waals surface area contributed by atoms with Gasteiger partial charge in [-0.3, -0.25) is 4.79 Å². The largest absolute Gasteiger partial charge is 0.287 e. The van der Waals surface area contributed by atoms with Crippen molar-refractivity contribution in [3.63, 3.8) is 0 Å². The smallest absolute Gasteiger partial charge is 0.193 e. The summed E-state index contributed by atoms with van der Waals surface area (Å²) in [6, 6.07) is 0. The van der Waals surface area contributed by atoms with Crippen LogP contribution in [0.1, 0.15) is 41.5 Å². The van der Waals surface area contributed by atoms with Crippen LogP contribution in [0.4, 0.5) is 0 Å². The van der Waals surface area contributed by atoms with Gasteiger partial charge in [-0.25, -0.2) is 0 Å². The van der Waals surface area contributed by atoms with Crippen molar-refractivity contribution in [3.8, 4) is 0 Å². The summed E-state index contributed by atoms with van der Waals surface area (Å²) in [5.41, 5.74) is -0.604. The van der Waals surface area contributed by atoms with Crippen molar-refractivity contribution in [1.29, 1.82) is 0 Å². The van der Waals surface area contributed by atoms with Crippen LogP contribution in [0.5, 0.6) is 0 Å². The minimum absolute atomic E-state index is 0.112. The van der Waals surface area contributed by atoms with Crippen LogP contribution in [0.25, 0.3) is 0 Å². The van der Waals surface area contributed by atoms with Gasteiger partial charge in [0.25, 0.3) is 0 Å². The molecule has 4 heteroatoms. The zero-order chi connectivity index (χ0) is 12.3. The van der Waals surface area contributed by atoms with E-state index in [1.165, 1.54) is 11.8 Å². The topological polar surface area (TPSA) is 41.8 Å². The van der Waals surface area contributed by atoms with Crippen LogP contribution < -0.4 is 0 Å². The van der Waals surface area contributed by atoms with Gasteiger partial charge in [0, 0.05) is 0 Å². The van der Waals surface area contributed by atoms with Crippen molar-refractivity contribution in [2.45, 2.75) is 52.6 Å². The lowest BCUT2D eigenvalue weighted by atomic mass is 9.91. The Labute approximate surface area is 97.1 Å². The van der Waals surface area contributed by atoms with Crippen LogP contribution in [-0.4, -0.2) is 22.4 Å². The fraction of sp³-hybridized carbons (Fsp3) is 0.909. The zero-order valence-electron chi connectivity index (χ0n) is 10.8. The Morgan fingerprint density at radius 1 is 1.13 bits per heavy atom. The van der Waals surface area contributed by atoms with Gasteiger partial charge >= 0.3 is 0 Å². The first kappa shape index (κ1) is 14.6. The van der Waals surface area contributed by atoms with Gasteiger partial charge in [0.1, 0.15) is 0 Å². The molecule has 3 nitrogen and oxygen atoms in total. The van der Waals surface area contributed by atoms with Gasteiger partial charge in [0.15, 0.2) is 5.12 Å². The molecule has 0 N–H and O–H groups in total. The van der Waals surface area contributed by atoms with Gasteiger partial charge in [-0.1, -0.05) is 18.7 Å². The molecule has 0 bridgehead atoms. The van der Waals surface area contributed by atoms with Crippen LogP contribution >= 0.6 is 11.8 Å². The number of carbonyl (C=O) groups excluding carboxylic acids is 1. The highest BCUT2D eigenvalue weighted by atomic mass is 32.2. The first-order valence-electron chi connectivity index (χ1n) is 5.12. The van der Waals surface area contributed by atoms with Crippen LogP contribution in [0.3, 0.4) is 0 Å². The number of carbonyl (C=O) groups is 1.